The first-order valence-corrected chi connectivity index (χ1v) is 8.65. The number of β-lactam (4-membered cyclic amide) rings is 1. The molecule has 0 radical (unpaired) electrons. The fourth-order valence-electron chi connectivity index (χ4n) is 4.22. The van der Waals surface area contributed by atoms with Gasteiger partial charge in [0, 0.05) is 19.0 Å². The quantitative estimate of drug-likeness (QED) is 0.577. The first kappa shape index (κ1) is 17.3. The van der Waals surface area contributed by atoms with E-state index in [9.17, 15) is 14.7 Å². The summed E-state index contributed by atoms with van der Waals surface area (Å²) in [6, 6.07) is 2.09. The van der Waals surface area contributed by atoms with Gasteiger partial charge in [0.2, 0.25) is 5.91 Å². The number of nitrogens with zero attached hydrogens (tertiary/aromatic N) is 3. The Bertz CT molecular complexity index is 642. The molecule has 1 N–H and O–H groups in total. The number of amides is 1. The lowest BCUT2D eigenvalue weighted by Gasteiger charge is -2.46. The third-order valence-electron chi connectivity index (χ3n) is 5.46. The molecule has 0 aromatic carbocycles. The molecule has 0 bridgehead atoms. The second-order valence-corrected chi connectivity index (χ2v) is 7.12. The number of carbonyl (C=O) groups is 2. The first-order valence-electron chi connectivity index (χ1n) is 8.17. The normalized spacial score (nSPS) is 34.0. The molecule has 0 spiro atoms. The van der Waals surface area contributed by atoms with Crippen LogP contribution in [-0.2, 0) is 14.1 Å². The molecule has 7 nitrogen and oxygen atoms in total. The van der Waals surface area contributed by atoms with Gasteiger partial charge in [-0.3, -0.25) is 9.69 Å². The average Bonchev–Trinajstić information content (AvgIpc) is 3.09. The Morgan fingerprint density at radius 1 is 1.58 bits per heavy atom. The summed E-state index contributed by atoms with van der Waals surface area (Å²) in [5.41, 5.74) is 1.17. The fourth-order valence-corrected chi connectivity index (χ4v) is 4.33. The van der Waals surface area contributed by atoms with Gasteiger partial charge in [0.05, 0.1) is 39.5 Å². The minimum absolute atomic E-state index is 0.0170. The molecule has 8 heteroatoms. The highest BCUT2D eigenvalue weighted by Gasteiger charge is 2.60. The summed E-state index contributed by atoms with van der Waals surface area (Å²) in [5, 5.41) is 18.9. The minimum atomic E-state index is -0.747. The molecular weight excluding hydrogens is 329 g/mol. The van der Waals surface area contributed by atoms with Gasteiger partial charge in [0.15, 0.2) is 0 Å². The van der Waals surface area contributed by atoms with E-state index >= 15 is 0 Å². The molecule has 2 saturated heterocycles. The Morgan fingerprint density at radius 3 is 2.83 bits per heavy atom. The van der Waals surface area contributed by atoms with E-state index in [4.69, 9.17) is 9.79 Å². The van der Waals surface area contributed by atoms with Crippen LogP contribution in [0.1, 0.15) is 20.3 Å². The Morgan fingerprint density at radius 2 is 2.29 bits per heavy atom. The number of fused-ring (bicyclic) bond motifs is 1. The maximum atomic E-state index is 12.4. The largest absolute Gasteiger partial charge is 0.447 e. The van der Waals surface area contributed by atoms with E-state index in [1.807, 2.05) is 16.4 Å². The molecule has 2 unspecified atom stereocenters. The molecule has 24 heavy (non-hydrogen) atoms. The lowest BCUT2D eigenvalue weighted by molar-refractivity contribution is -0.162. The van der Waals surface area contributed by atoms with Crippen LogP contribution in [0.2, 0.25) is 0 Å². The van der Waals surface area contributed by atoms with Gasteiger partial charge in [-0.25, -0.2) is 4.79 Å². The summed E-state index contributed by atoms with van der Waals surface area (Å²) in [6.07, 6.45) is 0.0767. The van der Waals surface area contributed by atoms with Crippen LogP contribution in [-0.4, -0.2) is 58.6 Å². The van der Waals surface area contributed by atoms with Crippen molar-refractivity contribution in [3.63, 3.8) is 0 Å². The second kappa shape index (κ2) is 6.44. The summed E-state index contributed by atoms with van der Waals surface area (Å²) >= 11 is 0. The molecule has 3 rings (SSSR count). The van der Waals surface area contributed by atoms with Crippen molar-refractivity contribution in [2.75, 3.05) is 19.6 Å². The summed E-state index contributed by atoms with van der Waals surface area (Å²) in [5.74, 6) is -1.25. The van der Waals surface area contributed by atoms with E-state index in [2.05, 4.69) is 11.0 Å². The van der Waals surface area contributed by atoms with Crippen LogP contribution in [0.4, 0.5) is 0 Å². The van der Waals surface area contributed by atoms with Gasteiger partial charge in [0.25, 0.3) is 0 Å². The summed E-state index contributed by atoms with van der Waals surface area (Å²) in [7, 11) is 1.93. The molecule has 0 aromatic heterocycles. The van der Waals surface area contributed by atoms with Crippen LogP contribution in [0, 0.1) is 29.1 Å². The number of carbonyl (C=O) groups excluding carboxylic acids is 2. The Hall–Kier alpha value is -1.48. The van der Waals surface area contributed by atoms with Crippen molar-refractivity contribution < 1.29 is 19.2 Å². The monoisotopic (exact) mass is 351 g/mol. The predicted octanol–water partition coefficient (Wildman–Crippen LogP) is 0.277. The lowest BCUT2D eigenvalue weighted by Crippen LogP contribution is -2.63. The van der Waals surface area contributed by atoms with E-state index in [-0.39, 0.29) is 23.8 Å². The van der Waals surface area contributed by atoms with Crippen LogP contribution in [0.3, 0.4) is 0 Å². The van der Waals surface area contributed by atoms with E-state index < -0.39 is 18.0 Å². The Balaban J connectivity index is 1.87. The highest BCUT2D eigenvalue weighted by atomic mass is 31.0. The summed E-state index contributed by atoms with van der Waals surface area (Å²) in [4.78, 5) is 28.3. The zero-order valence-corrected chi connectivity index (χ0v) is 15.0. The van der Waals surface area contributed by atoms with Crippen LogP contribution >= 0.6 is 9.47 Å². The molecular formula is C16H22N3O4P. The fraction of sp³-hybridized carbons (Fsp3) is 0.688. The number of hydrogen-bond acceptors (Lipinski definition) is 6. The average molecular weight is 351 g/mol. The predicted molar refractivity (Wildman–Crippen MR) is 88.0 cm³/mol. The van der Waals surface area contributed by atoms with Gasteiger partial charge in [-0.05, 0) is 25.5 Å². The first-order chi connectivity index (χ1) is 11.4. The number of aliphatic hydroxyl groups is 1. The second-order valence-electron chi connectivity index (χ2n) is 6.88. The highest BCUT2D eigenvalue weighted by molar-refractivity contribution is 7.10. The highest BCUT2D eigenvalue weighted by Crippen LogP contribution is 2.47. The molecule has 0 saturated carbocycles. The third-order valence-corrected chi connectivity index (χ3v) is 5.68. The number of rotatable bonds is 4. The van der Waals surface area contributed by atoms with Crippen molar-refractivity contribution >= 4 is 21.3 Å². The molecule has 0 aliphatic carbocycles. The van der Waals surface area contributed by atoms with E-state index in [0.29, 0.717) is 18.8 Å². The number of likely N-dealkylation sites (tertiary alicyclic amines) is 1. The zero-order valence-electron chi connectivity index (χ0n) is 13.8. The molecule has 1 amide bonds. The van der Waals surface area contributed by atoms with E-state index in [0.717, 1.165) is 18.5 Å². The van der Waals surface area contributed by atoms with E-state index in [1.165, 1.54) is 4.90 Å². The standard InChI is InChI=1S/C16H22N3O4P/c1-8-11(7-18-4-3-10(5-17)6-18)14(16(22)23-24)19-13(8)12(9(2)20)15(19)21/h8-10,12-13,20H,3-4,6-7,24H2,1-2H3/t8-,9+,10+,12?,13+/m0/s1. The Kier molecular flexibility index (Phi) is 4.65. The maximum Gasteiger partial charge on any atom is 0.357 e. The molecule has 130 valence electrons. The van der Waals surface area contributed by atoms with Crippen LogP contribution in [0.25, 0.3) is 0 Å². The van der Waals surface area contributed by atoms with Crippen molar-refractivity contribution in [2.24, 2.45) is 17.8 Å². The van der Waals surface area contributed by atoms with Gasteiger partial charge in [-0.15, -0.1) is 0 Å². The maximum absolute atomic E-state index is 12.4. The van der Waals surface area contributed by atoms with Gasteiger partial charge in [-0.1, -0.05) is 6.92 Å². The van der Waals surface area contributed by atoms with E-state index in [1.54, 1.807) is 6.92 Å². The lowest BCUT2D eigenvalue weighted by atomic mass is 9.77. The Labute approximate surface area is 143 Å². The smallest absolute Gasteiger partial charge is 0.357 e. The number of hydrogen-bond donors (Lipinski definition) is 1. The number of aliphatic hydroxyl groups excluding tert-OH is 1. The molecule has 3 aliphatic heterocycles. The summed E-state index contributed by atoms with van der Waals surface area (Å²) < 4.78 is 4.81. The SMILES string of the molecule is C[C@@H](O)C1C(=O)N2C(C(=O)OP)=C(CN3CC[C@H](C#N)C3)[C@H](C)[C@H]12. The molecule has 6 atom stereocenters. The van der Waals surface area contributed by atoms with Gasteiger partial charge in [-0.2, -0.15) is 5.26 Å². The van der Waals surface area contributed by atoms with Crippen molar-refractivity contribution in [3.05, 3.63) is 11.3 Å². The van der Waals surface area contributed by atoms with Crippen molar-refractivity contribution in [3.8, 4) is 6.07 Å². The van der Waals surface area contributed by atoms with Crippen molar-refractivity contribution in [2.45, 2.75) is 32.4 Å². The molecule has 0 aromatic rings. The molecule has 3 heterocycles. The third kappa shape index (κ3) is 2.54. The van der Waals surface area contributed by atoms with Crippen LogP contribution in [0.15, 0.2) is 11.3 Å². The number of nitriles is 1. The van der Waals surface area contributed by atoms with Crippen molar-refractivity contribution in [1.82, 2.24) is 9.80 Å². The van der Waals surface area contributed by atoms with Crippen LogP contribution < -0.4 is 0 Å². The molecule has 2 fully saturated rings. The van der Waals surface area contributed by atoms with Crippen molar-refractivity contribution in [1.29, 1.82) is 5.26 Å². The van der Waals surface area contributed by atoms with Gasteiger partial charge < -0.3 is 14.5 Å². The van der Waals surface area contributed by atoms with Crippen LogP contribution in [0.5, 0.6) is 0 Å². The molecule has 3 aliphatic rings. The van der Waals surface area contributed by atoms with Gasteiger partial charge >= 0.3 is 5.97 Å². The minimum Gasteiger partial charge on any atom is -0.447 e. The topological polar surface area (TPSA) is 93.9 Å². The zero-order chi connectivity index (χ0) is 17.6. The summed E-state index contributed by atoms with van der Waals surface area (Å²) in [6.45, 7) is 5.61. The van der Waals surface area contributed by atoms with Gasteiger partial charge in [0.1, 0.15) is 5.70 Å².